The zero-order valence-corrected chi connectivity index (χ0v) is 16.4. The monoisotopic (exact) mass is 398 g/mol. The van der Waals surface area contributed by atoms with Crippen molar-refractivity contribution in [1.82, 2.24) is 10.2 Å². The first-order valence-electron chi connectivity index (χ1n) is 9.16. The zero-order chi connectivity index (χ0) is 20.1. The number of piperazine rings is 1. The van der Waals surface area contributed by atoms with E-state index in [9.17, 15) is 14.9 Å². The molecule has 1 fully saturated rings. The third kappa shape index (κ3) is 4.64. The van der Waals surface area contributed by atoms with Gasteiger partial charge in [0.15, 0.2) is 5.11 Å². The molecule has 0 radical (unpaired) electrons. The first-order valence-corrected chi connectivity index (χ1v) is 9.57. The van der Waals surface area contributed by atoms with Crippen LogP contribution in [0.15, 0.2) is 48.5 Å². The van der Waals surface area contributed by atoms with Crippen molar-refractivity contribution in [2.75, 3.05) is 31.1 Å². The van der Waals surface area contributed by atoms with Crippen LogP contribution in [0.2, 0.25) is 0 Å². The smallest absolute Gasteiger partial charge is 0.269 e. The van der Waals surface area contributed by atoms with Gasteiger partial charge in [0.05, 0.1) is 4.92 Å². The highest BCUT2D eigenvalue weighted by atomic mass is 32.1. The molecule has 1 N–H and O–H groups in total. The van der Waals surface area contributed by atoms with E-state index in [1.165, 1.54) is 17.7 Å². The van der Waals surface area contributed by atoms with Gasteiger partial charge >= 0.3 is 0 Å². The summed E-state index contributed by atoms with van der Waals surface area (Å²) in [5.74, 6) is -0.203. The Morgan fingerprint density at radius 3 is 2.21 bits per heavy atom. The van der Waals surface area contributed by atoms with E-state index in [2.05, 4.69) is 17.1 Å². The van der Waals surface area contributed by atoms with Crippen LogP contribution in [0.25, 0.3) is 0 Å². The van der Waals surface area contributed by atoms with Gasteiger partial charge in [0.1, 0.15) is 0 Å². The van der Waals surface area contributed by atoms with Gasteiger partial charge in [-0.2, -0.15) is 0 Å². The third-order valence-electron chi connectivity index (χ3n) is 4.84. The number of hydrogen-bond acceptors (Lipinski definition) is 5. The van der Waals surface area contributed by atoms with Gasteiger partial charge in [-0.15, -0.1) is 0 Å². The van der Waals surface area contributed by atoms with Crippen LogP contribution in [0.5, 0.6) is 0 Å². The predicted octanol–water partition coefficient (Wildman–Crippen LogP) is 2.99. The van der Waals surface area contributed by atoms with Crippen molar-refractivity contribution in [3.05, 3.63) is 69.8 Å². The number of carbonyl (C=O) groups is 1. The molecule has 1 amide bonds. The molecule has 0 saturated carbocycles. The maximum atomic E-state index is 12.4. The van der Waals surface area contributed by atoms with Crippen molar-refractivity contribution in [1.29, 1.82) is 0 Å². The number of nitro benzene ring substituents is 1. The summed E-state index contributed by atoms with van der Waals surface area (Å²) in [6.45, 7) is 4.86. The molecule has 2 aromatic carbocycles. The minimum atomic E-state index is -0.404. The summed E-state index contributed by atoms with van der Waals surface area (Å²) in [5, 5.41) is 14.0. The van der Waals surface area contributed by atoms with Crippen LogP contribution in [0, 0.1) is 10.1 Å². The number of aryl methyl sites for hydroxylation is 1. The Labute approximate surface area is 169 Å². The normalized spacial score (nSPS) is 13.9. The Hall–Kier alpha value is -3.00. The lowest BCUT2D eigenvalue weighted by atomic mass is 10.1. The summed E-state index contributed by atoms with van der Waals surface area (Å²) in [6, 6.07) is 14.0. The number of anilines is 1. The van der Waals surface area contributed by atoms with Crippen LogP contribution in [0.1, 0.15) is 22.8 Å². The van der Waals surface area contributed by atoms with E-state index in [0.717, 1.165) is 25.2 Å². The highest BCUT2D eigenvalue weighted by molar-refractivity contribution is 7.80. The van der Waals surface area contributed by atoms with Crippen LogP contribution in [-0.4, -0.2) is 47.0 Å². The van der Waals surface area contributed by atoms with Crippen molar-refractivity contribution in [2.24, 2.45) is 0 Å². The minimum absolute atomic E-state index is 0.0817. The lowest BCUT2D eigenvalue weighted by Crippen LogP contribution is -2.52. The maximum absolute atomic E-state index is 12.4. The molecule has 0 unspecified atom stereocenters. The molecule has 146 valence electrons. The fraction of sp³-hybridized carbons (Fsp3) is 0.300. The van der Waals surface area contributed by atoms with E-state index in [4.69, 9.17) is 12.2 Å². The number of nitro groups is 1. The lowest BCUT2D eigenvalue weighted by Gasteiger charge is -2.37. The fourth-order valence-corrected chi connectivity index (χ4v) is 3.37. The molecule has 0 spiro atoms. The molecule has 2 aromatic rings. The van der Waals surface area contributed by atoms with Crippen molar-refractivity contribution in [3.63, 3.8) is 0 Å². The van der Waals surface area contributed by atoms with Gasteiger partial charge in [-0.05, 0) is 48.5 Å². The topological polar surface area (TPSA) is 78.7 Å². The van der Waals surface area contributed by atoms with Crippen LogP contribution in [-0.2, 0) is 6.42 Å². The number of nitrogens with zero attached hydrogens (tertiary/aromatic N) is 3. The molecule has 1 saturated heterocycles. The molecule has 1 heterocycles. The number of amides is 1. The molecular weight excluding hydrogens is 376 g/mol. The van der Waals surface area contributed by atoms with Crippen LogP contribution in [0.3, 0.4) is 0 Å². The molecular formula is C20H22N4O3S. The molecule has 0 aliphatic carbocycles. The summed E-state index contributed by atoms with van der Waals surface area (Å²) in [5.41, 5.74) is 2.79. The van der Waals surface area contributed by atoms with E-state index < -0.39 is 4.92 Å². The van der Waals surface area contributed by atoms with Crippen molar-refractivity contribution < 1.29 is 9.72 Å². The van der Waals surface area contributed by atoms with Gasteiger partial charge in [0, 0.05) is 49.6 Å². The van der Waals surface area contributed by atoms with Crippen LogP contribution >= 0.6 is 12.2 Å². The lowest BCUT2D eigenvalue weighted by molar-refractivity contribution is -0.384. The van der Waals surface area contributed by atoms with Gasteiger partial charge in [-0.3, -0.25) is 20.2 Å². The molecule has 0 bridgehead atoms. The van der Waals surface area contributed by atoms with E-state index >= 15 is 0 Å². The average molecular weight is 398 g/mol. The summed E-state index contributed by atoms with van der Waals surface area (Å²) >= 11 is 5.40. The number of nitrogens with one attached hydrogen (secondary N) is 1. The number of hydrogen-bond donors (Lipinski definition) is 1. The summed E-state index contributed by atoms with van der Waals surface area (Å²) in [4.78, 5) is 26.9. The Kier molecular flexibility index (Phi) is 6.20. The minimum Gasteiger partial charge on any atom is -0.368 e. The standard InChI is InChI=1S/C20H22N4O3S/c1-2-15-3-5-16(6-4-15)19(25)21-20(28)23-13-11-22(12-14-23)17-7-9-18(10-8-17)24(26)27/h3-10H,2,11-14H2,1H3,(H,21,25,28). The number of carbonyl (C=O) groups excluding carboxylic acids is 1. The molecule has 8 heteroatoms. The second-order valence-corrected chi connectivity index (χ2v) is 6.94. The first kappa shape index (κ1) is 19.8. The average Bonchev–Trinajstić information content (AvgIpc) is 2.74. The second-order valence-electron chi connectivity index (χ2n) is 6.56. The van der Waals surface area contributed by atoms with Gasteiger partial charge in [0.25, 0.3) is 11.6 Å². The highest BCUT2D eigenvalue weighted by Gasteiger charge is 2.21. The molecule has 7 nitrogen and oxygen atoms in total. The largest absolute Gasteiger partial charge is 0.368 e. The maximum Gasteiger partial charge on any atom is 0.269 e. The quantitative estimate of drug-likeness (QED) is 0.485. The number of non-ortho nitro benzene ring substituents is 1. The molecule has 0 atom stereocenters. The predicted molar refractivity (Wildman–Crippen MR) is 113 cm³/mol. The van der Waals surface area contributed by atoms with Crippen LogP contribution < -0.4 is 10.2 Å². The third-order valence-corrected chi connectivity index (χ3v) is 5.20. The van der Waals surface area contributed by atoms with Crippen molar-refractivity contribution in [2.45, 2.75) is 13.3 Å². The number of benzene rings is 2. The summed E-state index contributed by atoms with van der Waals surface area (Å²) in [6.07, 6.45) is 0.930. The van der Waals surface area contributed by atoms with Crippen molar-refractivity contribution >= 4 is 34.6 Å². The first-order chi connectivity index (χ1) is 13.5. The molecule has 0 aromatic heterocycles. The van der Waals surface area contributed by atoms with Crippen molar-refractivity contribution in [3.8, 4) is 0 Å². The summed E-state index contributed by atoms with van der Waals surface area (Å²) < 4.78 is 0. The van der Waals surface area contributed by atoms with Crippen LogP contribution in [0.4, 0.5) is 11.4 Å². The van der Waals surface area contributed by atoms with Gasteiger partial charge in [-0.25, -0.2) is 0 Å². The van der Waals surface area contributed by atoms with E-state index in [1.54, 1.807) is 12.1 Å². The Bertz CT molecular complexity index is 860. The Morgan fingerprint density at radius 2 is 1.68 bits per heavy atom. The summed E-state index contributed by atoms with van der Waals surface area (Å²) in [7, 11) is 0. The molecule has 1 aliphatic rings. The Morgan fingerprint density at radius 1 is 1.07 bits per heavy atom. The SMILES string of the molecule is CCc1ccc(C(=O)NC(=S)N2CCN(c3ccc([N+](=O)[O-])cc3)CC2)cc1. The highest BCUT2D eigenvalue weighted by Crippen LogP contribution is 2.20. The van der Waals surface area contributed by atoms with Gasteiger partial charge in [-0.1, -0.05) is 19.1 Å². The Balaban J connectivity index is 1.53. The fourth-order valence-electron chi connectivity index (χ4n) is 3.09. The van der Waals surface area contributed by atoms with Gasteiger partial charge in [0.2, 0.25) is 0 Å². The number of rotatable bonds is 4. The molecule has 1 aliphatic heterocycles. The van der Waals surface area contributed by atoms with E-state index in [1.807, 2.05) is 29.2 Å². The van der Waals surface area contributed by atoms with E-state index in [0.29, 0.717) is 23.8 Å². The second kappa shape index (κ2) is 8.79. The van der Waals surface area contributed by atoms with Gasteiger partial charge < -0.3 is 9.80 Å². The zero-order valence-electron chi connectivity index (χ0n) is 15.6. The molecule has 28 heavy (non-hydrogen) atoms. The number of thiocarbonyl (C=S) groups is 1. The van der Waals surface area contributed by atoms with E-state index in [-0.39, 0.29) is 11.6 Å². The molecule has 3 rings (SSSR count).